The molecule has 134 valence electrons. The van der Waals surface area contributed by atoms with E-state index >= 15 is 0 Å². The number of hydrogen-bond donors (Lipinski definition) is 1. The van der Waals surface area contributed by atoms with Gasteiger partial charge in [-0.15, -0.1) is 0 Å². The molecule has 3 heterocycles. The molecule has 7 nitrogen and oxygen atoms in total. The Bertz CT molecular complexity index is 609. The average Bonchev–Trinajstić information content (AvgIpc) is 2.64. The second kappa shape index (κ2) is 8.24. The summed E-state index contributed by atoms with van der Waals surface area (Å²) >= 11 is 0. The van der Waals surface area contributed by atoms with Gasteiger partial charge in [-0.2, -0.15) is 4.31 Å². The molecule has 0 amide bonds. The fourth-order valence-corrected chi connectivity index (χ4v) is 4.52. The molecule has 2 aliphatic rings. The summed E-state index contributed by atoms with van der Waals surface area (Å²) in [4.78, 5) is 6.88. The van der Waals surface area contributed by atoms with E-state index in [9.17, 15) is 8.42 Å². The first-order valence-corrected chi connectivity index (χ1v) is 10.1. The molecule has 8 heteroatoms. The zero-order valence-corrected chi connectivity index (χ0v) is 14.8. The van der Waals surface area contributed by atoms with Gasteiger partial charge in [0.2, 0.25) is 10.0 Å². The third kappa shape index (κ3) is 4.44. The SMILES string of the molecule is O=S(=O)(c1ccc(NCCN2CCOCC2)nc1)N1CCCCC1. The Kier molecular flexibility index (Phi) is 6.04. The summed E-state index contributed by atoms with van der Waals surface area (Å²) in [5, 5.41) is 3.25. The summed E-state index contributed by atoms with van der Waals surface area (Å²) in [6.07, 6.45) is 4.44. The Morgan fingerprint density at radius 1 is 1.08 bits per heavy atom. The van der Waals surface area contributed by atoms with Crippen LogP contribution >= 0.6 is 0 Å². The lowest BCUT2D eigenvalue weighted by atomic mass is 10.2. The zero-order valence-electron chi connectivity index (χ0n) is 14.0. The van der Waals surface area contributed by atoms with Crippen molar-refractivity contribution < 1.29 is 13.2 Å². The lowest BCUT2D eigenvalue weighted by Crippen LogP contribution is -2.39. The number of nitrogens with zero attached hydrogens (tertiary/aromatic N) is 3. The van der Waals surface area contributed by atoms with Gasteiger partial charge in [0.25, 0.3) is 0 Å². The van der Waals surface area contributed by atoms with Crippen molar-refractivity contribution in [1.29, 1.82) is 0 Å². The van der Waals surface area contributed by atoms with E-state index in [0.29, 0.717) is 18.9 Å². The Balaban J connectivity index is 1.52. The monoisotopic (exact) mass is 354 g/mol. The smallest absolute Gasteiger partial charge is 0.244 e. The lowest BCUT2D eigenvalue weighted by Gasteiger charge is -2.26. The van der Waals surface area contributed by atoms with Gasteiger partial charge in [-0.25, -0.2) is 13.4 Å². The third-order valence-corrected chi connectivity index (χ3v) is 6.41. The van der Waals surface area contributed by atoms with Gasteiger partial charge < -0.3 is 10.1 Å². The van der Waals surface area contributed by atoms with Crippen molar-refractivity contribution in [3.05, 3.63) is 18.3 Å². The number of pyridine rings is 1. The first kappa shape index (κ1) is 17.6. The lowest BCUT2D eigenvalue weighted by molar-refractivity contribution is 0.0398. The van der Waals surface area contributed by atoms with Crippen LogP contribution in [-0.2, 0) is 14.8 Å². The third-order valence-electron chi connectivity index (χ3n) is 4.53. The molecule has 0 spiro atoms. The van der Waals surface area contributed by atoms with Crippen LogP contribution in [0.15, 0.2) is 23.2 Å². The Labute approximate surface area is 144 Å². The largest absolute Gasteiger partial charge is 0.379 e. The maximum absolute atomic E-state index is 12.6. The van der Waals surface area contributed by atoms with Crippen molar-refractivity contribution in [2.75, 3.05) is 57.8 Å². The van der Waals surface area contributed by atoms with Crippen LogP contribution in [0.4, 0.5) is 5.82 Å². The molecule has 1 N–H and O–H groups in total. The molecule has 2 aliphatic heterocycles. The topological polar surface area (TPSA) is 74.8 Å². The van der Waals surface area contributed by atoms with Gasteiger partial charge in [-0.1, -0.05) is 6.42 Å². The maximum Gasteiger partial charge on any atom is 0.244 e. The number of anilines is 1. The van der Waals surface area contributed by atoms with Gasteiger partial charge in [0.1, 0.15) is 10.7 Å². The number of ether oxygens (including phenoxy) is 1. The Hall–Kier alpha value is -1.22. The molecule has 3 rings (SSSR count). The summed E-state index contributed by atoms with van der Waals surface area (Å²) < 4.78 is 32.0. The molecule has 1 aromatic rings. The summed E-state index contributed by atoms with van der Waals surface area (Å²) in [5.74, 6) is 0.709. The molecule has 0 bridgehead atoms. The molecule has 1 aromatic heterocycles. The molecule has 0 aromatic carbocycles. The highest BCUT2D eigenvalue weighted by Crippen LogP contribution is 2.20. The number of hydrogen-bond acceptors (Lipinski definition) is 6. The van der Waals surface area contributed by atoms with E-state index in [4.69, 9.17) is 4.74 Å². The normalized spacial score (nSPS) is 20.8. The molecular weight excluding hydrogens is 328 g/mol. The molecule has 0 aliphatic carbocycles. The number of aromatic nitrogens is 1. The molecule has 0 unspecified atom stereocenters. The van der Waals surface area contributed by atoms with Crippen LogP contribution in [0.25, 0.3) is 0 Å². The molecule has 0 radical (unpaired) electrons. The average molecular weight is 354 g/mol. The van der Waals surface area contributed by atoms with Crippen molar-refractivity contribution in [3.63, 3.8) is 0 Å². The van der Waals surface area contributed by atoms with Crippen molar-refractivity contribution in [1.82, 2.24) is 14.2 Å². The molecule has 0 atom stereocenters. The number of nitrogens with one attached hydrogen (secondary N) is 1. The van der Waals surface area contributed by atoms with Crippen LogP contribution in [0, 0.1) is 0 Å². The van der Waals surface area contributed by atoms with Crippen LogP contribution in [-0.4, -0.2) is 75.1 Å². The van der Waals surface area contributed by atoms with E-state index in [1.54, 1.807) is 16.4 Å². The van der Waals surface area contributed by atoms with Crippen LogP contribution in [0.1, 0.15) is 19.3 Å². The van der Waals surface area contributed by atoms with E-state index in [1.807, 2.05) is 0 Å². The van der Waals surface area contributed by atoms with Gasteiger partial charge in [0.15, 0.2) is 0 Å². The summed E-state index contributed by atoms with van der Waals surface area (Å²) in [5.41, 5.74) is 0. The fourth-order valence-electron chi connectivity index (χ4n) is 3.06. The number of morpholine rings is 1. The van der Waals surface area contributed by atoms with E-state index in [1.165, 1.54) is 6.20 Å². The molecule has 24 heavy (non-hydrogen) atoms. The quantitative estimate of drug-likeness (QED) is 0.821. The molecular formula is C16H26N4O3S. The predicted octanol–water partition coefficient (Wildman–Crippen LogP) is 1.00. The van der Waals surface area contributed by atoms with Gasteiger partial charge in [0, 0.05) is 45.5 Å². The van der Waals surface area contributed by atoms with Crippen molar-refractivity contribution >= 4 is 15.8 Å². The van der Waals surface area contributed by atoms with Gasteiger partial charge in [-0.3, -0.25) is 4.90 Å². The summed E-state index contributed by atoms with van der Waals surface area (Å²) in [6.45, 7) is 6.45. The Morgan fingerprint density at radius 3 is 2.50 bits per heavy atom. The van der Waals surface area contributed by atoms with Crippen LogP contribution in [0.2, 0.25) is 0 Å². The summed E-state index contributed by atoms with van der Waals surface area (Å²) in [6, 6.07) is 3.39. The minimum atomic E-state index is -3.40. The van der Waals surface area contributed by atoms with E-state index < -0.39 is 10.0 Å². The highest BCUT2D eigenvalue weighted by Gasteiger charge is 2.26. The van der Waals surface area contributed by atoms with Crippen LogP contribution in [0.5, 0.6) is 0 Å². The molecule has 0 saturated carbocycles. The minimum absolute atomic E-state index is 0.281. The number of sulfonamides is 1. The standard InChI is InChI=1S/C16H26N4O3S/c21-24(22,20-7-2-1-3-8-20)15-4-5-16(18-14-15)17-6-9-19-10-12-23-13-11-19/h4-5,14H,1-3,6-13H2,(H,17,18). The number of rotatable bonds is 6. The predicted molar refractivity (Wildman–Crippen MR) is 92.6 cm³/mol. The Morgan fingerprint density at radius 2 is 1.83 bits per heavy atom. The van der Waals surface area contributed by atoms with Crippen molar-refractivity contribution in [3.8, 4) is 0 Å². The van der Waals surface area contributed by atoms with Gasteiger partial charge >= 0.3 is 0 Å². The van der Waals surface area contributed by atoms with E-state index in [2.05, 4.69) is 15.2 Å². The van der Waals surface area contributed by atoms with Gasteiger partial charge in [0.05, 0.1) is 13.2 Å². The van der Waals surface area contributed by atoms with E-state index in [0.717, 1.165) is 58.7 Å². The second-order valence-corrected chi connectivity index (χ2v) is 8.16. The van der Waals surface area contributed by atoms with E-state index in [-0.39, 0.29) is 4.90 Å². The highest BCUT2D eigenvalue weighted by molar-refractivity contribution is 7.89. The zero-order chi connectivity index (χ0) is 16.8. The number of piperidine rings is 1. The summed E-state index contributed by atoms with van der Waals surface area (Å²) in [7, 11) is -3.40. The first-order chi connectivity index (χ1) is 11.7. The van der Waals surface area contributed by atoms with Gasteiger partial charge in [-0.05, 0) is 25.0 Å². The highest BCUT2D eigenvalue weighted by atomic mass is 32.2. The van der Waals surface area contributed by atoms with Crippen LogP contribution in [0.3, 0.4) is 0 Å². The maximum atomic E-state index is 12.6. The fraction of sp³-hybridized carbons (Fsp3) is 0.688. The second-order valence-electron chi connectivity index (χ2n) is 6.22. The molecule has 2 saturated heterocycles. The van der Waals surface area contributed by atoms with Crippen molar-refractivity contribution in [2.45, 2.75) is 24.2 Å². The first-order valence-electron chi connectivity index (χ1n) is 8.66. The minimum Gasteiger partial charge on any atom is -0.379 e. The molecule has 2 fully saturated rings. The van der Waals surface area contributed by atoms with Crippen LogP contribution < -0.4 is 5.32 Å². The van der Waals surface area contributed by atoms with Crippen molar-refractivity contribution in [2.24, 2.45) is 0 Å².